The lowest BCUT2D eigenvalue weighted by molar-refractivity contribution is 0.0977. The van der Waals surface area contributed by atoms with Gasteiger partial charge in [0.15, 0.2) is 0 Å². The molecule has 0 aliphatic carbocycles. The van der Waals surface area contributed by atoms with Crippen LogP contribution in [-0.4, -0.2) is 28.9 Å². The number of aryl methyl sites for hydroxylation is 2. The largest absolute Gasteiger partial charge is 0.495 e. The Hall–Kier alpha value is -3.74. The van der Waals surface area contributed by atoms with Crippen molar-refractivity contribution in [1.82, 2.24) is 15.3 Å². The van der Waals surface area contributed by atoms with Crippen molar-refractivity contribution in [2.45, 2.75) is 13.8 Å². The van der Waals surface area contributed by atoms with Crippen molar-refractivity contribution in [2.24, 2.45) is 4.99 Å². The van der Waals surface area contributed by atoms with Gasteiger partial charge in [0, 0.05) is 17.0 Å². The van der Waals surface area contributed by atoms with Gasteiger partial charge in [-0.2, -0.15) is 4.99 Å². The van der Waals surface area contributed by atoms with Crippen LogP contribution in [0.5, 0.6) is 5.75 Å². The molecule has 3 rings (SSSR count). The molecule has 7 nitrogen and oxygen atoms in total. The normalized spacial score (nSPS) is 11.0. The van der Waals surface area contributed by atoms with E-state index in [1.54, 1.807) is 31.4 Å². The third-order valence-electron chi connectivity index (χ3n) is 3.81. The van der Waals surface area contributed by atoms with E-state index >= 15 is 0 Å². The number of rotatable bonds is 4. The predicted molar refractivity (Wildman–Crippen MR) is 109 cm³/mol. The standard InChI is InChI=1S/C21H21N5O2/c1-14-13-15(2)23-20(22-14)26-21(24-17-11-7-8-12-18(17)28-3)25-19(27)16-9-5-4-6-10-16/h4-13H,1-3H3,(H2,22,23,24,25,26,27). The molecule has 1 heterocycles. The number of guanidine groups is 1. The fourth-order valence-electron chi connectivity index (χ4n) is 2.59. The number of hydrogen-bond donors (Lipinski definition) is 2. The summed E-state index contributed by atoms with van der Waals surface area (Å²) in [5, 5.41) is 5.88. The number of aliphatic imine (C=N–C) groups is 1. The van der Waals surface area contributed by atoms with Gasteiger partial charge in [-0.05, 0) is 44.2 Å². The second-order valence-electron chi connectivity index (χ2n) is 6.06. The molecule has 0 spiro atoms. The Morgan fingerprint density at radius 3 is 2.29 bits per heavy atom. The number of nitrogens with zero attached hydrogens (tertiary/aromatic N) is 3. The molecule has 0 aliphatic rings. The fourth-order valence-corrected chi connectivity index (χ4v) is 2.59. The molecule has 0 unspecified atom stereocenters. The first-order valence-electron chi connectivity index (χ1n) is 8.72. The number of anilines is 1. The number of amides is 1. The van der Waals surface area contributed by atoms with Crippen LogP contribution >= 0.6 is 0 Å². The van der Waals surface area contributed by atoms with Crippen LogP contribution in [-0.2, 0) is 0 Å². The summed E-state index contributed by atoms with van der Waals surface area (Å²) in [6.07, 6.45) is 0. The highest BCUT2D eigenvalue weighted by atomic mass is 16.5. The van der Waals surface area contributed by atoms with Gasteiger partial charge in [0.2, 0.25) is 5.96 Å². The van der Waals surface area contributed by atoms with E-state index in [4.69, 9.17) is 4.74 Å². The summed E-state index contributed by atoms with van der Waals surface area (Å²) in [6, 6.07) is 18.1. The van der Waals surface area contributed by atoms with Crippen molar-refractivity contribution in [3.8, 4) is 5.75 Å². The number of hydrogen-bond acceptors (Lipinski definition) is 5. The summed E-state index contributed by atoms with van der Waals surface area (Å²) >= 11 is 0. The van der Waals surface area contributed by atoms with Crippen LogP contribution in [0.3, 0.4) is 0 Å². The Kier molecular flexibility index (Phi) is 5.96. The predicted octanol–water partition coefficient (Wildman–Crippen LogP) is 3.63. The molecule has 3 aromatic rings. The van der Waals surface area contributed by atoms with Gasteiger partial charge in [0.25, 0.3) is 11.9 Å². The van der Waals surface area contributed by atoms with Gasteiger partial charge in [-0.1, -0.05) is 30.3 Å². The van der Waals surface area contributed by atoms with Gasteiger partial charge in [0.05, 0.1) is 12.8 Å². The lowest BCUT2D eigenvalue weighted by Gasteiger charge is -2.14. The third kappa shape index (κ3) is 4.91. The highest BCUT2D eigenvalue weighted by molar-refractivity contribution is 6.10. The van der Waals surface area contributed by atoms with E-state index in [1.807, 2.05) is 50.2 Å². The summed E-state index contributed by atoms with van der Waals surface area (Å²) in [5.74, 6) is 0.767. The summed E-state index contributed by atoms with van der Waals surface area (Å²) < 4.78 is 5.36. The van der Waals surface area contributed by atoms with E-state index in [0.29, 0.717) is 17.0 Å². The minimum absolute atomic E-state index is 0.198. The van der Waals surface area contributed by atoms with Gasteiger partial charge in [-0.15, -0.1) is 0 Å². The molecule has 1 amide bonds. The van der Waals surface area contributed by atoms with Gasteiger partial charge < -0.3 is 10.1 Å². The van der Waals surface area contributed by atoms with E-state index < -0.39 is 0 Å². The molecule has 7 heteroatoms. The Labute approximate surface area is 163 Å². The molecular formula is C21H21N5O2. The molecule has 0 fully saturated rings. The smallest absolute Gasteiger partial charge is 0.257 e. The van der Waals surface area contributed by atoms with Crippen molar-refractivity contribution in [1.29, 1.82) is 0 Å². The maximum absolute atomic E-state index is 12.6. The van der Waals surface area contributed by atoms with Crippen LogP contribution in [0.1, 0.15) is 21.7 Å². The number of ether oxygens (including phenoxy) is 1. The van der Waals surface area contributed by atoms with Crippen LogP contribution in [0.2, 0.25) is 0 Å². The summed E-state index contributed by atoms with van der Waals surface area (Å²) in [7, 11) is 1.58. The van der Waals surface area contributed by atoms with Crippen LogP contribution in [0.4, 0.5) is 11.6 Å². The van der Waals surface area contributed by atoms with Gasteiger partial charge >= 0.3 is 0 Å². The SMILES string of the molecule is COc1ccccc1N/C(=N\c1nc(C)cc(C)n1)NC(=O)c1ccccc1. The minimum atomic E-state index is -0.300. The molecule has 28 heavy (non-hydrogen) atoms. The Bertz CT molecular complexity index is 982. The van der Waals surface area contributed by atoms with Crippen molar-refractivity contribution < 1.29 is 9.53 Å². The highest BCUT2D eigenvalue weighted by Gasteiger charge is 2.12. The number of methoxy groups -OCH3 is 1. The summed E-state index contributed by atoms with van der Waals surface area (Å²) in [4.78, 5) is 25.7. The number of carbonyl (C=O) groups is 1. The summed E-state index contributed by atoms with van der Waals surface area (Å²) in [6.45, 7) is 3.73. The molecule has 142 valence electrons. The maximum Gasteiger partial charge on any atom is 0.257 e. The molecule has 0 aliphatic heterocycles. The topological polar surface area (TPSA) is 88.5 Å². The van der Waals surface area contributed by atoms with E-state index in [0.717, 1.165) is 11.4 Å². The number of para-hydroxylation sites is 2. The van der Waals surface area contributed by atoms with Crippen molar-refractivity contribution in [3.63, 3.8) is 0 Å². The molecule has 2 aromatic carbocycles. The quantitative estimate of drug-likeness (QED) is 0.537. The number of carbonyl (C=O) groups excluding carboxylic acids is 1. The van der Waals surface area contributed by atoms with Crippen molar-refractivity contribution in [3.05, 3.63) is 77.6 Å². The van der Waals surface area contributed by atoms with Gasteiger partial charge in [-0.3, -0.25) is 10.1 Å². The van der Waals surface area contributed by atoms with Crippen LogP contribution in [0, 0.1) is 13.8 Å². The molecule has 0 bridgehead atoms. The zero-order chi connectivity index (χ0) is 19.9. The first-order valence-corrected chi connectivity index (χ1v) is 8.72. The van der Waals surface area contributed by atoms with E-state index in [1.165, 1.54) is 0 Å². The molecule has 1 aromatic heterocycles. The van der Waals surface area contributed by atoms with Crippen molar-refractivity contribution in [2.75, 3.05) is 12.4 Å². The lowest BCUT2D eigenvalue weighted by Crippen LogP contribution is -2.36. The van der Waals surface area contributed by atoms with Gasteiger partial charge in [0.1, 0.15) is 5.75 Å². The monoisotopic (exact) mass is 375 g/mol. The second-order valence-corrected chi connectivity index (χ2v) is 6.06. The lowest BCUT2D eigenvalue weighted by atomic mass is 10.2. The summed E-state index contributed by atoms with van der Waals surface area (Å²) in [5.41, 5.74) is 2.74. The van der Waals surface area contributed by atoms with E-state index in [9.17, 15) is 4.79 Å². The number of benzene rings is 2. The molecule has 2 N–H and O–H groups in total. The number of nitrogens with one attached hydrogen (secondary N) is 2. The van der Waals surface area contributed by atoms with Crippen LogP contribution < -0.4 is 15.4 Å². The fraction of sp³-hybridized carbons (Fsp3) is 0.143. The Morgan fingerprint density at radius 2 is 1.61 bits per heavy atom. The first kappa shape index (κ1) is 19.0. The van der Waals surface area contributed by atoms with E-state index in [2.05, 4.69) is 25.6 Å². The molecule has 0 saturated heterocycles. The second kappa shape index (κ2) is 8.77. The third-order valence-corrected chi connectivity index (χ3v) is 3.81. The molecule has 0 radical (unpaired) electrons. The first-order chi connectivity index (χ1) is 13.5. The average molecular weight is 375 g/mol. The van der Waals surface area contributed by atoms with Crippen LogP contribution in [0.15, 0.2) is 65.7 Å². The molecule has 0 atom stereocenters. The zero-order valence-electron chi connectivity index (χ0n) is 15.9. The maximum atomic E-state index is 12.6. The Morgan fingerprint density at radius 1 is 0.964 bits per heavy atom. The molecule has 0 saturated carbocycles. The van der Waals surface area contributed by atoms with Crippen LogP contribution in [0.25, 0.3) is 0 Å². The Balaban J connectivity index is 1.95. The highest BCUT2D eigenvalue weighted by Crippen LogP contribution is 2.23. The number of aromatic nitrogens is 2. The van der Waals surface area contributed by atoms with Crippen molar-refractivity contribution >= 4 is 23.5 Å². The molecular weight excluding hydrogens is 354 g/mol. The minimum Gasteiger partial charge on any atom is -0.495 e. The van der Waals surface area contributed by atoms with E-state index in [-0.39, 0.29) is 17.8 Å². The zero-order valence-corrected chi connectivity index (χ0v) is 15.9. The average Bonchev–Trinajstić information content (AvgIpc) is 2.68. The van der Waals surface area contributed by atoms with Gasteiger partial charge in [-0.25, -0.2) is 9.97 Å².